The van der Waals surface area contributed by atoms with Gasteiger partial charge in [0, 0.05) is 5.39 Å². The molecule has 0 saturated heterocycles. The van der Waals surface area contributed by atoms with Gasteiger partial charge in [-0.1, -0.05) is 0 Å². The van der Waals surface area contributed by atoms with E-state index in [1.165, 1.54) is 11.8 Å². The molecular weight excluding hydrogens is 248 g/mol. The summed E-state index contributed by atoms with van der Waals surface area (Å²) >= 11 is 1.43. The van der Waals surface area contributed by atoms with Gasteiger partial charge in [0.1, 0.15) is 28.2 Å². The maximum Gasteiger partial charge on any atom is 0.148 e. The third-order valence-electron chi connectivity index (χ3n) is 2.62. The summed E-state index contributed by atoms with van der Waals surface area (Å²) in [5.41, 5.74) is 1.25. The lowest BCUT2D eigenvalue weighted by Crippen LogP contribution is -1.96. The fourth-order valence-electron chi connectivity index (χ4n) is 1.78. The van der Waals surface area contributed by atoms with Gasteiger partial charge in [-0.2, -0.15) is 5.26 Å². The zero-order chi connectivity index (χ0) is 13.1. The smallest absolute Gasteiger partial charge is 0.148 e. The molecule has 0 bridgehead atoms. The zero-order valence-corrected chi connectivity index (χ0v) is 11.2. The van der Waals surface area contributed by atoms with E-state index in [0.717, 1.165) is 10.9 Å². The van der Waals surface area contributed by atoms with Crippen molar-refractivity contribution in [3.8, 4) is 17.6 Å². The Morgan fingerprint density at radius 2 is 2.06 bits per heavy atom. The quantitative estimate of drug-likeness (QED) is 0.794. The fraction of sp³-hybridized carbons (Fsp3) is 0.231. The highest BCUT2D eigenvalue weighted by Crippen LogP contribution is 2.35. The normalized spacial score (nSPS) is 10.1. The number of methoxy groups -OCH3 is 2. The molecule has 0 unspecified atom stereocenters. The minimum absolute atomic E-state index is 0.464. The minimum Gasteiger partial charge on any atom is -0.497 e. The Bertz CT molecular complexity index is 635. The van der Waals surface area contributed by atoms with Crippen molar-refractivity contribution >= 4 is 22.7 Å². The van der Waals surface area contributed by atoms with Crippen molar-refractivity contribution < 1.29 is 9.47 Å². The molecule has 2 rings (SSSR count). The van der Waals surface area contributed by atoms with E-state index in [0.29, 0.717) is 22.1 Å². The Morgan fingerprint density at radius 1 is 1.28 bits per heavy atom. The highest BCUT2D eigenvalue weighted by atomic mass is 32.2. The maximum atomic E-state index is 9.23. The molecular formula is C13H12N2O2S. The van der Waals surface area contributed by atoms with Gasteiger partial charge in [-0.25, -0.2) is 4.98 Å². The molecule has 2 aromatic rings. The first-order chi connectivity index (χ1) is 8.74. The second-order valence-corrected chi connectivity index (χ2v) is 4.32. The van der Waals surface area contributed by atoms with Crippen molar-refractivity contribution in [1.29, 1.82) is 5.26 Å². The van der Waals surface area contributed by atoms with Gasteiger partial charge in [-0.05, 0) is 24.5 Å². The second-order valence-electron chi connectivity index (χ2n) is 3.52. The Labute approximate surface area is 110 Å². The number of nitrogens with zero attached hydrogens (tertiary/aromatic N) is 2. The summed E-state index contributed by atoms with van der Waals surface area (Å²) in [5, 5.41) is 10.7. The van der Waals surface area contributed by atoms with E-state index in [1.54, 1.807) is 14.2 Å². The van der Waals surface area contributed by atoms with E-state index in [2.05, 4.69) is 11.1 Å². The number of thioether (sulfide) groups is 1. The first-order valence-electron chi connectivity index (χ1n) is 5.25. The van der Waals surface area contributed by atoms with Crippen LogP contribution in [0.15, 0.2) is 23.2 Å². The predicted molar refractivity (Wildman–Crippen MR) is 71.3 cm³/mol. The van der Waals surface area contributed by atoms with E-state index in [-0.39, 0.29) is 0 Å². The Kier molecular flexibility index (Phi) is 3.58. The van der Waals surface area contributed by atoms with Crippen LogP contribution in [0.5, 0.6) is 11.5 Å². The summed E-state index contributed by atoms with van der Waals surface area (Å²) in [4.78, 5) is 4.45. The molecule has 0 fully saturated rings. The number of hydrogen-bond acceptors (Lipinski definition) is 5. The lowest BCUT2D eigenvalue weighted by molar-refractivity contribution is 0.411. The van der Waals surface area contributed by atoms with Gasteiger partial charge in [-0.3, -0.25) is 0 Å². The molecule has 0 N–H and O–H groups in total. The van der Waals surface area contributed by atoms with Crippen LogP contribution in [-0.4, -0.2) is 25.5 Å². The van der Waals surface area contributed by atoms with Gasteiger partial charge < -0.3 is 9.47 Å². The molecule has 0 aliphatic carbocycles. The summed E-state index contributed by atoms with van der Waals surface area (Å²) in [6, 6.07) is 7.67. The molecule has 1 aromatic carbocycles. The van der Waals surface area contributed by atoms with Crippen molar-refractivity contribution in [2.24, 2.45) is 0 Å². The summed E-state index contributed by atoms with van der Waals surface area (Å²) in [5.74, 6) is 1.26. The third kappa shape index (κ3) is 1.95. The second kappa shape index (κ2) is 5.15. The van der Waals surface area contributed by atoms with Crippen LogP contribution in [0.3, 0.4) is 0 Å². The van der Waals surface area contributed by atoms with Gasteiger partial charge >= 0.3 is 0 Å². The van der Waals surface area contributed by atoms with Crippen LogP contribution in [0, 0.1) is 11.3 Å². The van der Waals surface area contributed by atoms with Gasteiger partial charge in [0.25, 0.3) is 0 Å². The molecule has 5 heteroatoms. The minimum atomic E-state index is 0.464. The lowest BCUT2D eigenvalue weighted by atomic mass is 10.1. The number of rotatable bonds is 3. The number of fused-ring (bicyclic) bond motifs is 1. The van der Waals surface area contributed by atoms with Crippen LogP contribution in [-0.2, 0) is 0 Å². The standard InChI is InChI=1S/C13H12N2O2S/c1-16-8-4-5-11-9(6-8)12(17-2)10(7-14)13(15-11)18-3/h4-6H,1-3H3. The fourth-order valence-corrected chi connectivity index (χ4v) is 2.31. The monoisotopic (exact) mass is 260 g/mol. The van der Waals surface area contributed by atoms with Crippen molar-refractivity contribution in [3.63, 3.8) is 0 Å². The number of hydrogen-bond donors (Lipinski definition) is 0. The van der Waals surface area contributed by atoms with E-state index >= 15 is 0 Å². The van der Waals surface area contributed by atoms with E-state index < -0.39 is 0 Å². The summed E-state index contributed by atoms with van der Waals surface area (Å²) in [6.07, 6.45) is 1.89. The Morgan fingerprint density at radius 3 is 2.61 bits per heavy atom. The van der Waals surface area contributed by atoms with Crippen LogP contribution in [0.2, 0.25) is 0 Å². The van der Waals surface area contributed by atoms with Crippen molar-refractivity contribution in [2.45, 2.75) is 5.03 Å². The molecule has 4 nitrogen and oxygen atoms in total. The van der Waals surface area contributed by atoms with E-state index in [9.17, 15) is 5.26 Å². The average Bonchev–Trinajstić information content (AvgIpc) is 2.44. The first kappa shape index (κ1) is 12.5. The topological polar surface area (TPSA) is 55.1 Å². The molecule has 1 aromatic heterocycles. The Hall–Kier alpha value is -1.93. The van der Waals surface area contributed by atoms with Crippen LogP contribution in [0.1, 0.15) is 5.56 Å². The molecule has 0 atom stereocenters. The molecule has 0 radical (unpaired) electrons. The molecule has 0 saturated carbocycles. The highest BCUT2D eigenvalue weighted by molar-refractivity contribution is 7.98. The average molecular weight is 260 g/mol. The molecule has 1 heterocycles. The predicted octanol–water partition coefficient (Wildman–Crippen LogP) is 2.85. The first-order valence-corrected chi connectivity index (χ1v) is 6.47. The van der Waals surface area contributed by atoms with Gasteiger partial charge in [0.2, 0.25) is 0 Å². The van der Waals surface area contributed by atoms with Crippen LogP contribution in [0.4, 0.5) is 0 Å². The Balaban J connectivity index is 2.85. The van der Waals surface area contributed by atoms with E-state index in [1.807, 2.05) is 24.5 Å². The highest BCUT2D eigenvalue weighted by Gasteiger charge is 2.15. The van der Waals surface area contributed by atoms with Crippen molar-refractivity contribution in [3.05, 3.63) is 23.8 Å². The summed E-state index contributed by atoms with van der Waals surface area (Å²) in [7, 11) is 3.15. The van der Waals surface area contributed by atoms with Crippen molar-refractivity contribution in [1.82, 2.24) is 4.98 Å². The van der Waals surface area contributed by atoms with Crippen LogP contribution >= 0.6 is 11.8 Å². The molecule has 0 aliphatic heterocycles. The summed E-state index contributed by atoms with van der Waals surface area (Å²) in [6.45, 7) is 0. The number of aromatic nitrogens is 1. The third-order valence-corrected chi connectivity index (χ3v) is 3.30. The number of ether oxygens (including phenoxy) is 2. The molecule has 0 aliphatic rings. The molecule has 0 spiro atoms. The van der Waals surface area contributed by atoms with Crippen LogP contribution < -0.4 is 9.47 Å². The SMILES string of the molecule is COc1ccc2nc(SC)c(C#N)c(OC)c2c1. The maximum absolute atomic E-state index is 9.23. The summed E-state index contributed by atoms with van der Waals surface area (Å²) < 4.78 is 10.5. The number of pyridine rings is 1. The zero-order valence-electron chi connectivity index (χ0n) is 10.4. The van der Waals surface area contributed by atoms with Crippen LogP contribution in [0.25, 0.3) is 10.9 Å². The lowest BCUT2D eigenvalue weighted by Gasteiger charge is -2.11. The molecule has 92 valence electrons. The van der Waals surface area contributed by atoms with E-state index in [4.69, 9.17) is 9.47 Å². The molecule has 18 heavy (non-hydrogen) atoms. The largest absolute Gasteiger partial charge is 0.497 e. The molecule has 0 amide bonds. The van der Waals surface area contributed by atoms with Gasteiger partial charge in [0.05, 0.1) is 19.7 Å². The number of nitriles is 1. The van der Waals surface area contributed by atoms with Crippen molar-refractivity contribution in [2.75, 3.05) is 20.5 Å². The number of benzene rings is 1. The van der Waals surface area contributed by atoms with Gasteiger partial charge in [-0.15, -0.1) is 11.8 Å². The van der Waals surface area contributed by atoms with Gasteiger partial charge in [0.15, 0.2) is 0 Å².